The number of anilines is 1. The molecule has 0 aromatic heterocycles. The van der Waals surface area contributed by atoms with Crippen LogP contribution < -0.4 is 15.0 Å². The van der Waals surface area contributed by atoms with Gasteiger partial charge in [0.2, 0.25) is 0 Å². The topological polar surface area (TPSA) is 33.7 Å². The standard InChI is InChI=1S/C15H21FN2O2/c1-18-7-2-3-12-13(16)4-5-14(15(12)18)20-10-11-9-17-6-8-19-11/h4-5,11,17H,2-3,6-10H2,1H3. The molecule has 1 N–H and O–H groups in total. The second kappa shape index (κ2) is 5.97. The molecule has 1 fully saturated rings. The number of benzene rings is 1. The summed E-state index contributed by atoms with van der Waals surface area (Å²) >= 11 is 0. The van der Waals surface area contributed by atoms with Gasteiger partial charge in [0, 0.05) is 32.2 Å². The average molecular weight is 280 g/mol. The number of hydrogen-bond acceptors (Lipinski definition) is 4. The lowest BCUT2D eigenvalue weighted by Gasteiger charge is -2.30. The normalized spacial score (nSPS) is 22.5. The van der Waals surface area contributed by atoms with E-state index < -0.39 is 0 Å². The maximum Gasteiger partial charge on any atom is 0.143 e. The summed E-state index contributed by atoms with van der Waals surface area (Å²) in [4.78, 5) is 2.08. The first-order chi connectivity index (χ1) is 9.75. The van der Waals surface area contributed by atoms with Gasteiger partial charge in [-0.05, 0) is 25.0 Å². The molecule has 0 aliphatic carbocycles. The summed E-state index contributed by atoms with van der Waals surface area (Å²) in [7, 11) is 1.99. The van der Waals surface area contributed by atoms with Crippen LogP contribution in [0.5, 0.6) is 5.75 Å². The lowest BCUT2D eigenvalue weighted by molar-refractivity contribution is 0.000260. The summed E-state index contributed by atoms with van der Waals surface area (Å²) in [5.41, 5.74) is 1.68. The fraction of sp³-hybridized carbons (Fsp3) is 0.600. The third kappa shape index (κ3) is 2.74. The van der Waals surface area contributed by atoms with Gasteiger partial charge in [-0.15, -0.1) is 0 Å². The average Bonchev–Trinajstić information content (AvgIpc) is 2.48. The van der Waals surface area contributed by atoms with Crippen molar-refractivity contribution < 1.29 is 13.9 Å². The first-order valence-corrected chi connectivity index (χ1v) is 7.23. The molecule has 110 valence electrons. The number of rotatable bonds is 3. The minimum atomic E-state index is -0.130. The molecule has 0 spiro atoms. The van der Waals surface area contributed by atoms with Crippen LogP contribution in [0.15, 0.2) is 12.1 Å². The van der Waals surface area contributed by atoms with E-state index in [1.54, 1.807) is 6.07 Å². The van der Waals surface area contributed by atoms with E-state index in [2.05, 4.69) is 10.2 Å². The molecule has 0 radical (unpaired) electrons. The van der Waals surface area contributed by atoms with Gasteiger partial charge in [-0.2, -0.15) is 0 Å². The van der Waals surface area contributed by atoms with Crippen molar-refractivity contribution in [2.45, 2.75) is 18.9 Å². The van der Waals surface area contributed by atoms with E-state index in [1.807, 2.05) is 7.05 Å². The van der Waals surface area contributed by atoms with Gasteiger partial charge in [0.05, 0.1) is 12.3 Å². The Bertz CT molecular complexity index is 475. The van der Waals surface area contributed by atoms with Gasteiger partial charge in [0.1, 0.15) is 24.3 Å². The summed E-state index contributed by atoms with van der Waals surface area (Å²) in [6, 6.07) is 3.24. The van der Waals surface area contributed by atoms with Crippen LogP contribution in [0.4, 0.5) is 10.1 Å². The number of hydrogen-bond donors (Lipinski definition) is 1. The number of ether oxygens (including phenoxy) is 2. The Kier molecular flexibility index (Phi) is 4.08. The summed E-state index contributed by atoms with van der Waals surface area (Å²) in [5, 5.41) is 3.28. The number of nitrogens with zero attached hydrogens (tertiary/aromatic N) is 1. The highest BCUT2D eigenvalue weighted by Crippen LogP contribution is 2.37. The number of morpholine rings is 1. The summed E-state index contributed by atoms with van der Waals surface area (Å²) in [6.45, 7) is 3.85. The third-order valence-corrected chi connectivity index (χ3v) is 3.92. The molecule has 1 aromatic rings. The molecule has 2 aliphatic rings. The van der Waals surface area contributed by atoms with Crippen LogP contribution in [-0.2, 0) is 11.2 Å². The van der Waals surface area contributed by atoms with Crippen LogP contribution in [0.25, 0.3) is 0 Å². The zero-order chi connectivity index (χ0) is 13.9. The fourth-order valence-corrected chi connectivity index (χ4v) is 2.88. The van der Waals surface area contributed by atoms with Gasteiger partial charge in [-0.3, -0.25) is 0 Å². The first-order valence-electron chi connectivity index (χ1n) is 7.23. The number of fused-ring (bicyclic) bond motifs is 1. The van der Waals surface area contributed by atoms with E-state index in [4.69, 9.17) is 9.47 Å². The van der Waals surface area contributed by atoms with E-state index in [0.29, 0.717) is 6.61 Å². The molecule has 1 saturated heterocycles. The van der Waals surface area contributed by atoms with Crippen molar-refractivity contribution in [3.05, 3.63) is 23.5 Å². The fourth-order valence-electron chi connectivity index (χ4n) is 2.88. The van der Waals surface area contributed by atoms with E-state index in [0.717, 1.165) is 56.1 Å². The van der Waals surface area contributed by atoms with Crippen molar-refractivity contribution in [3.63, 3.8) is 0 Å². The SMILES string of the molecule is CN1CCCc2c(F)ccc(OCC3CNCCO3)c21. The molecule has 5 heteroatoms. The maximum absolute atomic E-state index is 13.9. The Morgan fingerprint density at radius 1 is 1.50 bits per heavy atom. The van der Waals surface area contributed by atoms with Crippen molar-refractivity contribution in [3.8, 4) is 5.75 Å². The van der Waals surface area contributed by atoms with E-state index >= 15 is 0 Å². The molecular weight excluding hydrogens is 259 g/mol. The summed E-state index contributed by atoms with van der Waals surface area (Å²) in [5.74, 6) is 0.632. The summed E-state index contributed by atoms with van der Waals surface area (Å²) < 4.78 is 25.4. The molecular formula is C15H21FN2O2. The second-order valence-corrected chi connectivity index (χ2v) is 5.41. The molecule has 4 nitrogen and oxygen atoms in total. The molecule has 0 amide bonds. The Hall–Kier alpha value is -1.33. The molecule has 3 rings (SSSR count). The van der Waals surface area contributed by atoms with Gasteiger partial charge in [-0.25, -0.2) is 4.39 Å². The highest BCUT2D eigenvalue weighted by molar-refractivity contribution is 5.65. The van der Waals surface area contributed by atoms with Crippen LogP contribution in [-0.4, -0.2) is 46.0 Å². The molecule has 1 atom stereocenters. The van der Waals surface area contributed by atoms with Crippen LogP contribution in [0, 0.1) is 5.82 Å². The van der Waals surface area contributed by atoms with E-state index in [9.17, 15) is 4.39 Å². The molecule has 0 saturated carbocycles. The van der Waals surface area contributed by atoms with Crippen LogP contribution in [0.3, 0.4) is 0 Å². The van der Waals surface area contributed by atoms with Gasteiger partial charge in [0.25, 0.3) is 0 Å². The minimum Gasteiger partial charge on any atom is -0.489 e. The quantitative estimate of drug-likeness (QED) is 0.911. The van der Waals surface area contributed by atoms with Crippen molar-refractivity contribution >= 4 is 5.69 Å². The highest BCUT2D eigenvalue weighted by Gasteiger charge is 2.23. The molecule has 1 aromatic carbocycles. The van der Waals surface area contributed by atoms with Crippen molar-refractivity contribution in [2.75, 3.05) is 44.8 Å². The number of nitrogens with one attached hydrogen (secondary N) is 1. The van der Waals surface area contributed by atoms with Crippen LogP contribution in [0.1, 0.15) is 12.0 Å². The van der Waals surface area contributed by atoms with Crippen molar-refractivity contribution in [1.29, 1.82) is 0 Å². The van der Waals surface area contributed by atoms with Crippen molar-refractivity contribution in [1.82, 2.24) is 5.32 Å². The molecule has 0 bridgehead atoms. The van der Waals surface area contributed by atoms with Gasteiger partial charge >= 0.3 is 0 Å². The molecule has 20 heavy (non-hydrogen) atoms. The zero-order valence-corrected chi connectivity index (χ0v) is 11.8. The molecule has 2 aliphatic heterocycles. The molecule has 2 heterocycles. The largest absolute Gasteiger partial charge is 0.489 e. The monoisotopic (exact) mass is 280 g/mol. The smallest absolute Gasteiger partial charge is 0.143 e. The minimum absolute atomic E-state index is 0.0679. The number of halogens is 1. The third-order valence-electron chi connectivity index (χ3n) is 3.92. The van der Waals surface area contributed by atoms with E-state index in [-0.39, 0.29) is 11.9 Å². The first kappa shape index (κ1) is 13.6. The summed E-state index contributed by atoms with van der Waals surface area (Å²) in [6.07, 6.45) is 1.84. The van der Waals surface area contributed by atoms with E-state index in [1.165, 1.54) is 6.07 Å². The lowest BCUT2D eigenvalue weighted by atomic mass is 10.0. The maximum atomic E-state index is 13.9. The van der Waals surface area contributed by atoms with Gasteiger partial charge < -0.3 is 19.7 Å². The zero-order valence-electron chi connectivity index (χ0n) is 11.8. The predicted octanol–water partition coefficient (Wildman–Crippen LogP) is 1.58. The Balaban J connectivity index is 1.75. The van der Waals surface area contributed by atoms with Crippen LogP contribution >= 0.6 is 0 Å². The van der Waals surface area contributed by atoms with Gasteiger partial charge in [-0.1, -0.05) is 0 Å². The molecule has 1 unspecified atom stereocenters. The Morgan fingerprint density at radius 2 is 2.40 bits per heavy atom. The lowest BCUT2D eigenvalue weighted by Crippen LogP contribution is -2.41. The Morgan fingerprint density at radius 3 is 3.20 bits per heavy atom. The Labute approximate surface area is 118 Å². The van der Waals surface area contributed by atoms with Gasteiger partial charge in [0.15, 0.2) is 0 Å². The second-order valence-electron chi connectivity index (χ2n) is 5.41. The van der Waals surface area contributed by atoms with Crippen LogP contribution in [0.2, 0.25) is 0 Å². The highest BCUT2D eigenvalue weighted by atomic mass is 19.1. The van der Waals surface area contributed by atoms with Crippen molar-refractivity contribution in [2.24, 2.45) is 0 Å². The predicted molar refractivity (Wildman–Crippen MR) is 76.1 cm³/mol.